The van der Waals surface area contributed by atoms with Crippen LogP contribution in [0.2, 0.25) is 0 Å². The van der Waals surface area contributed by atoms with Gasteiger partial charge in [-0.1, -0.05) is 19.1 Å². The Morgan fingerprint density at radius 3 is 2.72 bits per heavy atom. The molecule has 0 aliphatic carbocycles. The molecular weight excluding hydrogens is 227 g/mol. The van der Waals surface area contributed by atoms with Crippen molar-refractivity contribution in [1.82, 2.24) is 10.2 Å². The molecule has 3 heteroatoms. The maximum Gasteiger partial charge on any atom is 0.123 e. The van der Waals surface area contributed by atoms with Crippen LogP contribution in [0.25, 0.3) is 0 Å². The van der Waals surface area contributed by atoms with Gasteiger partial charge >= 0.3 is 0 Å². The maximum atomic E-state index is 13.0. The topological polar surface area (TPSA) is 15.3 Å². The van der Waals surface area contributed by atoms with Gasteiger partial charge in [0.2, 0.25) is 0 Å². The minimum absolute atomic E-state index is 0.151. The normalized spacial score (nSPS) is 22.3. The largest absolute Gasteiger partial charge is 0.318 e. The predicted octanol–water partition coefficient (Wildman–Crippen LogP) is 2.96. The van der Waals surface area contributed by atoms with Crippen LogP contribution >= 0.6 is 0 Å². The molecule has 1 heterocycles. The first kappa shape index (κ1) is 13.5. The van der Waals surface area contributed by atoms with E-state index in [0.29, 0.717) is 12.1 Å². The van der Waals surface area contributed by atoms with Crippen LogP contribution in [0, 0.1) is 5.82 Å². The second kappa shape index (κ2) is 6.30. The van der Waals surface area contributed by atoms with Crippen LogP contribution in [-0.4, -0.2) is 31.1 Å². The smallest absolute Gasteiger partial charge is 0.123 e. The monoisotopic (exact) mass is 250 g/mol. The summed E-state index contributed by atoms with van der Waals surface area (Å²) in [6.45, 7) is 4.41. The minimum Gasteiger partial charge on any atom is -0.318 e. The summed E-state index contributed by atoms with van der Waals surface area (Å²) < 4.78 is 13.0. The summed E-state index contributed by atoms with van der Waals surface area (Å²) >= 11 is 0. The fourth-order valence-electron chi connectivity index (χ4n) is 3.07. The standard InChI is InChI=1S/C15H23FN2/c1-3-15(12-6-8-13(16)9-7-12)18-10-4-5-14(18)11-17-2/h6-9,14-15,17H,3-5,10-11H2,1-2H3. The molecular formula is C15H23FN2. The zero-order valence-electron chi connectivity index (χ0n) is 11.3. The highest BCUT2D eigenvalue weighted by atomic mass is 19.1. The van der Waals surface area contributed by atoms with Crippen molar-refractivity contribution in [3.63, 3.8) is 0 Å². The molecule has 1 N–H and O–H groups in total. The fourth-order valence-corrected chi connectivity index (χ4v) is 3.07. The molecule has 100 valence electrons. The Kier molecular flexibility index (Phi) is 4.72. The molecule has 18 heavy (non-hydrogen) atoms. The van der Waals surface area contributed by atoms with Crippen molar-refractivity contribution in [2.45, 2.75) is 38.3 Å². The molecule has 0 aromatic heterocycles. The van der Waals surface area contributed by atoms with Gasteiger partial charge in [0.25, 0.3) is 0 Å². The lowest BCUT2D eigenvalue weighted by Crippen LogP contribution is -2.39. The van der Waals surface area contributed by atoms with Crippen LogP contribution in [0.15, 0.2) is 24.3 Å². The number of rotatable bonds is 5. The van der Waals surface area contributed by atoms with Crippen LogP contribution in [0.1, 0.15) is 37.8 Å². The zero-order chi connectivity index (χ0) is 13.0. The molecule has 1 saturated heterocycles. The second-order valence-corrected chi connectivity index (χ2v) is 5.07. The van der Waals surface area contributed by atoms with E-state index in [1.54, 1.807) is 12.1 Å². The Morgan fingerprint density at radius 1 is 1.39 bits per heavy atom. The molecule has 1 aromatic rings. The molecule has 1 aliphatic heterocycles. The molecule has 1 aromatic carbocycles. The van der Waals surface area contributed by atoms with Crippen molar-refractivity contribution in [3.8, 4) is 0 Å². The quantitative estimate of drug-likeness (QED) is 0.864. The molecule has 2 atom stereocenters. The lowest BCUT2D eigenvalue weighted by Gasteiger charge is -2.33. The first-order chi connectivity index (χ1) is 8.76. The summed E-state index contributed by atoms with van der Waals surface area (Å²) in [5.41, 5.74) is 1.24. The Bertz CT molecular complexity index is 363. The third-order valence-electron chi connectivity index (χ3n) is 3.90. The summed E-state index contributed by atoms with van der Waals surface area (Å²) in [6, 6.07) is 8.04. The van der Waals surface area contributed by atoms with Gasteiger partial charge in [0.15, 0.2) is 0 Å². The van der Waals surface area contributed by atoms with E-state index in [-0.39, 0.29) is 5.82 Å². The number of hydrogen-bond acceptors (Lipinski definition) is 2. The van der Waals surface area contributed by atoms with Crippen molar-refractivity contribution in [1.29, 1.82) is 0 Å². The third kappa shape index (κ3) is 2.90. The second-order valence-electron chi connectivity index (χ2n) is 5.07. The van der Waals surface area contributed by atoms with E-state index < -0.39 is 0 Å². The molecule has 0 bridgehead atoms. The van der Waals surface area contributed by atoms with Gasteiger partial charge < -0.3 is 5.32 Å². The summed E-state index contributed by atoms with van der Waals surface area (Å²) in [6.07, 6.45) is 3.61. The molecule has 2 unspecified atom stereocenters. The number of likely N-dealkylation sites (tertiary alicyclic amines) is 1. The van der Waals surface area contributed by atoms with Crippen molar-refractivity contribution >= 4 is 0 Å². The van der Waals surface area contributed by atoms with E-state index in [1.165, 1.54) is 18.4 Å². The van der Waals surface area contributed by atoms with E-state index in [0.717, 1.165) is 19.5 Å². The van der Waals surface area contributed by atoms with Crippen LogP contribution < -0.4 is 5.32 Å². The van der Waals surface area contributed by atoms with Crippen LogP contribution in [0.3, 0.4) is 0 Å². The van der Waals surface area contributed by atoms with Gasteiger partial charge in [0.05, 0.1) is 0 Å². The van der Waals surface area contributed by atoms with E-state index in [1.807, 2.05) is 19.2 Å². The van der Waals surface area contributed by atoms with Crippen LogP contribution in [0.5, 0.6) is 0 Å². The predicted molar refractivity (Wildman–Crippen MR) is 73.1 cm³/mol. The Hall–Kier alpha value is -0.930. The fraction of sp³-hybridized carbons (Fsp3) is 0.600. The van der Waals surface area contributed by atoms with Crippen molar-refractivity contribution < 1.29 is 4.39 Å². The lowest BCUT2D eigenvalue weighted by atomic mass is 10.0. The number of benzene rings is 1. The summed E-state index contributed by atoms with van der Waals surface area (Å²) in [5, 5.41) is 3.28. The Morgan fingerprint density at radius 2 is 2.11 bits per heavy atom. The van der Waals surface area contributed by atoms with Crippen LogP contribution in [0.4, 0.5) is 4.39 Å². The van der Waals surface area contributed by atoms with E-state index in [2.05, 4.69) is 17.1 Å². The molecule has 2 rings (SSSR count). The van der Waals surface area contributed by atoms with Gasteiger partial charge in [-0.05, 0) is 50.6 Å². The molecule has 0 amide bonds. The Labute approximate surface area is 109 Å². The SMILES string of the molecule is CCC(c1ccc(F)cc1)N1CCCC1CNC. The molecule has 0 radical (unpaired) electrons. The number of likely N-dealkylation sites (N-methyl/N-ethyl adjacent to an activating group) is 1. The zero-order valence-corrected chi connectivity index (χ0v) is 11.3. The first-order valence-corrected chi connectivity index (χ1v) is 6.92. The van der Waals surface area contributed by atoms with E-state index in [9.17, 15) is 4.39 Å². The maximum absolute atomic E-state index is 13.0. The molecule has 2 nitrogen and oxygen atoms in total. The van der Waals surface area contributed by atoms with Crippen molar-refractivity contribution in [2.75, 3.05) is 20.1 Å². The average Bonchev–Trinajstić information content (AvgIpc) is 2.82. The number of nitrogens with one attached hydrogen (secondary N) is 1. The van der Waals surface area contributed by atoms with E-state index in [4.69, 9.17) is 0 Å². The van der Waals surface area contributed by atoms with Gasteiger partial charge in [-0.3, -0.25) is 4.90 Å². The highest BCUT2D eigenvalue weighted by Crippen LogP contribution is 2.31. The number of hydrogen-bond donors (Lipinski definition) is 1. The summed E-state index contributed by atoms with van der Waals surface area (Å²) in [4.78, 5) is 2.57. The average molecular weight is 250 g/mol. The van der Waals surface area contributed by atoms with Gasteiger partial charge in [-0.2, -0.15) is 0 Å². The van der Waals surface area contributed by atoms with Crippen molar-refractivity contribution in [3.05, 3.63) is 35.6 Å². The van der Waals surface area contributed by atoms with Gasteiger partial charge in [0, 0.05) is 18.6 Å². The lowest BCUT2D eigenvalue weighted by molar-refractivity contribution is 0.174. The summed E-state index contributed by atoms with van der Waals surface area (Å²) in [5.74, 6) is -0.151. The number of halogens is 1. The third-order valence-corrected chi connectivity index (χ3v) is 3.90. The van der Waals surface area contributed by atoms with Gasteiger partial charge in [-0.25, -0.2) is 4.39 Å². The molecule has 0 spiro atoms. The molecule has 1 aliphatic rings. The summed E-state index contributed by atoms with van der Waals surface area (Å²) in [7, 11) is 2.01. The number of nitrogens with zero attached hydrogens (tertiary/aromatic N) is 1. The van der Waals surface area contributed by atoms with Gasteiger partial charge in [-0.15, -0.1) is 0 Å². The Balaban J connectivity index is 2.14. The van der Waals surface area contributed by atoms with Crippen molar-refractivity contribution in [2.24, 2.45) is 0 Å². The highest BCUT2D eigenvalue weighted by Gasteiger charge is 2.29. The minimum atomic E-state index is -0.151. The highest BCUT2D eigenvalue weighted by molar-refractivity contribution is 5.20. The van der Waals surface area contributed by atoms with Gasteiger partial charge in [0.1, 0.15) is 5.82 Å². The first-order valence-electron chi connectivity index (χ1n) is 6.92. The molecule has 0 saturated carbocycles. The van der Waals surface area contributed by atoms with E-state index >= 15 is 0 Å². The van der Waals surface area contributed by atoms with Crippen LogP contribution in [-0.2, 0) is 0 Å². The molecule has 1 fully saturated rings.